The Labute approximate surface area is 160 Å². The minimum Gasteiger partial charge on any atom is -0.473 e. The molecule has 0 aromatic rings. The van der Waals surface area contributed by atoms with Gasteiger partial charge in [0.1, 0.15) is 5.60 Å². The Morgan fingerprint density at radius 2 is 1.26 bits per heavy atom. The van der Waals surface area contributed by atoms with Crippen molar-refractivity contribution in [2.45, 2.75) is 72.3 Å². The van der Waals surface area contributed by atoms with Crippen LogP contribution in [-0.2, 0) is 33.4 Å². The highest BCUT2D eigenvalue weighted by Crippen LogP contribution is 2.13. The summed E-state index contributed by atoms with van der Waals surface area (Å²) in [5.41, 5.74) is -0.685. The van der Waals surface area contributed by atoms with Gasteiger partial charge in [0.2, 0.25) is 0 Å². The molecular weight excluding hydrogens is 356 g/mol. The SMILES string of the molecule is CCC(C)(C)OC(=O)C(=O)O.CCCCOC(=O)/C=C\C(=O)OCCCC. The van der Waals surface area contributed by atoms with Crippen LogP contribution in [0.3, 0.4) is 0 Å². The Balaban J connectivity index is 0. The third-order valence-corrected chi connectivity index (χ3v) is 3.23. The van der Waals surface area contributed by atoms with Gasteiger partial charge in [-0.15, -0.1) is 0 Å². The van der Waals surface area contributed by atoms with Gasteiger partial charge in [-0.1, -0.05) is 33.6 Å². The molecular formula is C19H32O8. The summed E-state index contributed by atoms with van der Waals surface area (Å²) in [7, 11) is 0. The Kier molecular flexibility index (Phi) is 15.8. The van der Waals surface area contributed by atoms with E-state index in [2.05, 4.69) is 4.74 Å². The van der Waals surface area contributed by atoms with E-state index < -0.39 is 29.5 Å². The number of rotatable bonds is 10. The summed E-state index contributed by atoms with van der Waals surface area (Å²) in [6, 6.07) is 0. The van der Waals surface area contributed by atoms with Gasteiger partial charge in [-0.2, -0.15) is 0 Å². The highest BCUT2D eigenvalue weighted by molar-refractivity contribution is 6.28. The maximum Gasteiger partial charge on any atom is 0.417 e. The molecule has 0 aromatic carbocycles. The van der Waals surface area contributed by atoms with Crippen molar-refractivity contribution >= 4 is 23.9 Å². The largest absolute Gasteiger partial charge is 0.473 e. The molecule has 1 N–H and O–H groups in total. The lowest BCUT2D eigenvalue weighted by atomic mass is 10.1. The number of carbonyl (C=O) groups is 4. The second-order valence-electron chi connectivity index (χ2n) is 6.18. The second kappa shape index (κ2) is 15.8. The number of aliphatic carboxylic acids is 1. The van der Waals surface area contributed by atoms with Crippen molar-refractivity contribution in [2.24, 2.45) is 0 Å². The van der Waals surface area contributed by atoms with Gasteiger partial charge in [0.15, 0.2) is 0 Å². The summed E-state index contributed by atoms with van der Waals surface area (Å²) in [5, 5.41) is 8.17. The molecule has 0 saturated heterocycles. The molecule has 0 saturated carbocycles. The Morgan fingerprint density at radius 1 is 0.852 bits per heavy atom. The van der Waals surface area contributed by atoms with Crippen LogP contribution in [0.2, 0.25) is 0 Å². The van der Waals surface area contributed by atoms with E-state index in [0.29, 0.717) is 19.6 Å². The minimum atomic E-state index is -1.55. The van der Waals surface area contributed by atoms with Crippen LogP contribution in [0.1, 0.15) is 66.7 Å². The number of carboxylic acids is 1. The van der Waals surface area contributed by atoms with Crippen molar-refractivity contribution < 1.29 is 38.5 Å². The number of ether oxygens (including phenoxy) is 3. The molecule has 8 nitrogen and oxygen atoms in total. The van der Waals surface area contributed by atoms with Crippen molar-refractivity contribution in [2.75, 3.05) is 13.2 Å². The molecule has 0 heterocycles. The quantitative estimate of drug-likeness (QED) is 0.200. The van der Waals surface area contributed by atoms with Crippen LogP contribution in [0.5, 0.6) is 0 Å². The number of hydrogen-bond donors (Lipinski definition) is 1. The topological polar surface area (TPSA) is 116 Å². The third-order valence-electron chi connectivity index (χ3n) is 3.23. The van der Waals surface area contributed by atoms with Gasteiger partial charge < -0.3 is 19.3 Å². The molecule has 0 aliphatic rings. The summed E-state index contributed by atoms with van der Waals surface area (Å²) in [6.07, 6.45) is 6.40. The van der Waals surface area contributed by atoms with E-state index in [0.717, 1.165) is 37.8 Å². The van der Waals surface area contributed by atoms with E-state index >= 15 is 0 Å². The molecule has 0 spiro atoms. The number of carboxylic acid groups (broad SMARTS) is 1. The highest BCUT2D eigenvalue weighted by Gasteiger charge is 2.24. The predicted molar refractivity (Wildman–Crippen MR) is 99.0 cm³/mol. The van der Waals surface area contributed by atoms with Crippen LogP contribution < -0.4 is 0 Å². The summed E-state index contributed by atoms with van der Waals surface area (Å²) in [4.78, 5) is 42.6. The van der Waals surface area contributed by atoms with Crippen LogP contribution in [0, 0.1) is 0 Å². The molecule has 0 aliphatic heterocycles. The van der Waals surface area contributed by atoms with Crippen LogP contribution in [-0.4, -0.2) is 47.8 Å². The van der Waals surface area contributed by atoms with Gasteiger partial charge in [0.05, 0.1) is 13.2 Å². The maximum atomic E-state index is 11.0. The fraction of sp³-hybridized carbons (Fsp3) is 0.684. The van der Waals surface area contributed by atoms with Crippen molar-refractivity contribution in [1.29, 1.82) is 0 Å². The fourth-order valence-electron chi connectivity index (χ4n) is 1.23. The Hall–Kier alpha value is -2.38. The van der Waals surface area contributed by atoms with E-state index in [4.69, 9.17) is 14.6 Å². The normalized spacial score (nSPS) is 10.6. The van der Waals surface area contributed by atoms with Gasteiger partial charge in [-0.05, 0) is 33.1 Å². The molecule has 0 radical (unpaired) electrons. The van der Waals surface area contributed by atoms with Crippen LogP contribution in [0.4, 0.5) is 0 Å². The zero-order valence-corrected chi connectivity index (χ0v) is 16.9. The molecule has 0 atom stereocenters. The van der Waals surface area contributed by atoms with E-state index in [1.807, 2.05) is 20.8 Å². The van der Waals surface area contributed by atoms with E-state index in [9.17, 15) is 19.2 Å². The first-order valence-corrected chi connectivity index (χ1v) is 9.07. The van der Waals surface area contributed by atoms with Crippen molar-refractivity contribution in [3.8, 4) is 0 Å². The summed E-state index contributed by atoms with van der Waals surface area (Å²) >= 11 is 0. The summed E-state index contributed by atoms with van der Waals surface area (Å²) in [6.45, 7) is 9.94. The molecule has 0 amide bonds. The van der Waals surface area contributed by atoms with Gasteiger partial charge in [0, 0.05) is 12.2 Å². The van der Waals surface area contributed by atoms with E-state index in [1.54, 1.807) is 13.8 Å². The third kappa shape index (κ3) is 18.2. The van der Waals surface area contributed by atoms with Gasteiger partial charge in [-0.3, -0.25) is 0 Å². The van der Waals surface area contributed by atoms with Crippen LogP contribution >= 0.6 is 0 Å². The summed E-state index contributed by atoms with van der Waals surface area (Å²) in [5.74, 6) is -3.75. The first kappa shape index (κ1) is 26.8. The highest BCUT2D eigenvalue weighted by atomic mass is 16.6. The molecule has 8 heteroatoms. The summed E-state index contributed by atoms with van der Waals surface area (Å²) < 4.78 is 14.3. The van der Waals surface area contributed by atoms with Gasteiger partial charge in [-0.25, -0.2) is 19.2 Å². The molecule has 0 unspecified atom stereocenters. The number of esters is 3. The monoisotopic (exact) mass is 388 g/mol. The van der Waals surface area contributed by atoms with E-state index in [-0.39, 0.29) is 0 Å². The molecule has 0 fully saturated rings. The molecule has 27 heavy (non-hydrogen) atoms. The van der Waals surface area contributed by atoms with Crippen molar-refractivity contribution in [3.05, 3.63) is 12.2 Å². The lowest BCUT2D eigenvalue weighted by Gasteiger charge is -2.21. The fourth-order valence-corrected chi connectivity index (χ4v) is 1.23. The average molecular weight is 388 g/mol. The zero-order valence-electron chi connectivity index (χ0n) is 16.9. The number of hydrogen-bond acceptors (Lipinski definition) is 7. The predicted octanol–water partition coefficient (Wildman–Crippen LogP) is 3.03. The molecule has 156 valence electrons. The van der Waals surface area contributed by atoms with E-state index in [1.165, 1.54) is 0 Å². The van der Waals surface area contributed by atoms with Gasteiger partial charge >= 0.3 is 23.9 Å². The zero-order chi connectivity index (χ0) is 21.3. The lowest BCUT2D eigenvalue weighted by molar-refractivity contribution is -0.172. The smallest absolute Gasteiger partial charge is 0.417 e. The number of carbonyl (C=O) groups excluding carboxylic acids is 3. The Morgan fingerprint density at radius 3 is 1.56 bits per heavy atom. The molecule has 0 rings (SSSR count). The molecule has 0 aliphatic carbocycles. The maximum absolute atomic E-state index is 11.0. The van der Waals surface area contributed by atoms with Crippen molar-refractivity contribution in [3.63, 3.8) is 0 Å². The van der Waals surface area contributed by atoms with Crippen molar-refractivity contribution in [1.82, 2.24) is 0 Å². The number of unbranched alkanes of at least 4 members (excludes halogenated alkanes) is 2. The minimum absolute atomic E-state index is 0.393. The first-order chi connectivity index (χ1) is 12.6. The Bertz CT molecular complexity index is 470. The van der Waals surface area contributed by atoms with Crippen LogP contribution in [0.25, 0.3) is 0 Å². The second-order valence-corrected chi connectivity index (χ2v) is 6.18. The van der Waals surface area contributed by atoms with Crippen LogP contribution in [0.15, 0.2) is 12.2 Å². The van der Waals surface area contributed by atoms with Gasteiger partial charge in [0.25, 0.3) is 0 Å². The lowest BCUT2D eigenvalue weighted by Crippen LogP contribution is -2.30. The molecule has 0 bridgehead atoms. The standard InChI is InChI=1S/C12H20O4.C7H12O4/c1-3-5-9-15-11(13)7-8-12(14)16-10-6-4-2;1-4-7(2,3)11-6(10)5(8)9/h7-8H,3-6,9-10H2,1-2H3;4H2,1-3H3,(H,8,9)/b8-7-;. The first-order valence-electron chi connectivity index (χ1n) is 9.07. The molecule has 0 aromatic heterocycles. The average Bonchev–Trinajstić information content (AvgIpc) is 2.60.